The Balaban J connectivity index is 1.52. The lowest BCUT2D eigenvalue weighted by atomic mass is 10.00. The first-order valence-electron chi connectivity index (χ1n) is 12.9. The molecule has 0 spiro atoms. The summed E-state index contributed by atoms with van der Waals surface area (Å²) in [6.45, 7) is 0. The number of nitrogens with zero attached hydrogens (tertiary/aromatic N) is 1. The van der Waals surface area contributed by atoms with Gasteiger partial charge in [-0.15, -0.1) is 11.3 Å². The molecular formula is C36H23NS. The molecule has 1 nitrogen and oxygen atoms in total. The average Bonchev–Trinajstić information content (AvgIpc) is 3.34. The van der Waals surface area contributed by atoms with Gasteiger partial charge >= 0.3 is 0 Å². The molecule has 0 bridgehead atoms. The third kappa shape index (κ3) is 3.24. The van der Waals surface area contributed by atoms with E-state index in [0.717, 1.165) is 5.69 Å². The number of thiophene rings is 1. The van der Waals surface area contributed by atoms with Crippen LogP contribution >= 0.6 is 11.3 Å². The van der Waals surface area contributed by atoms with Crippen LogP contribution < -0.4 is 4.90 Å². The number of hydrogen-bond acceptors (Lipinski definition) is 2. The van der Waals surface area contributed by atoms with Crippen LogP contribution in [-0.4, -0.2) is 0 Å². The van der Waals surface area contributed by atoms with Crippen LogP contribution in [0.3, 0.4) is 0 Å². The fourth-order valence-corrected chi connectivity index (χ4v) is 7.09. The van der Waals surface area contributed by atoms with Crippen LogP contribution in [0.1, 0.15) is 0 Å². The number of benzene rings is 7. The molecule has 0 aliphatic rings. The molecule has 1 aromatic heterocycles. The van der Waals surface area contributed by atoms with Gasteiger partial charge in [-0.3, -0.25) is 0 Å². The molecule has 8 aromatic rings. The van der Waals surface area contributed by atoms with Gasteiger partial charge in [-0.25, -0.2) is 0 Å². The smallest absolute Gasteiger partial charge is 0.0547 e. The van der Waals surface area contributed by atoms with Crippen LogP contribution in [0, 0.1) is 0 Å². The van der Waals surface area contributed by atoms with Gasteiger partial charge in [0.1, 0.15) is 0 Å². The molecule has 0 aliphatic heterocycles. The van der Waals surface area contributed by atoms with Crippen LogP contribution in [0.25, 0.3) is 52.5 Å². The number of hydrogen-bond donors (Lipinski definition) is 0. The zero-order valence-corrected chi connectivity index (χ0v) is 21.5. The summed E-state index contributed by atoms with van der Waals surface area (Å²) in [6, 6.07) is 50.7. The lowest BCUT2D eigenvalue weighted by molar-refractivity contribution is 1.32. The molecular weight excluding hydrogens is 478 g/mol. The lowest BCUT2D eigenvalue weighted by Gasteiger charge is -2.28. The van der Waals surface area contributed by atoms with Gasteiger partial charge in [0.15, 0.2) is 0 Å². The van der Waals surface area contributed by atoms with Gasteiger partial charge in [0.05, 0.1) is 11.4 Å². The van der Waals surface area contributed by atoms with Crippen LogP contribution in [0.15, 0.2) is 140 Å². The Hall–Kier alpha value is -4.66. The van der Waals surface area contributed by atoms with Crippen molar-refractivity contribution in [2.24, 2.45) is 0 Å². The Morgan fingerprint density at radius 3 is 1.84 bits per heavy atom. The predicted octanol–water partition coefficient (Wildman–Crippen LogP) is 11.0. The number of rotatable bonds is 3. The van der Waals surface area contributed by atoms with Crippen molar-refractivity contribution in [3.05, 3.63) is 140 Å². The van der Waals surface area contributed by atoms with E-state index in [4.69, 9.17) is 0 Å². The van der Waals surface area contributed by atoms with Crippen molar-refractivity contribution in [3.8, 4) is 0 Å². The highest BCUT2D eigenvalue weighted by molar-refractivity contribution is 7.26. The first kappa shape index (κ1) is 21.4. The Kier molecular flexibility index (Phi) is 4.76. The van der Waals surface area contributed by atoms with E-state index in [9.17, 15) is 0 Å². The quantitative estimate of drug-likeness (QED) is 0.233. The minimum absolute atomic E-state index is 1.15. The zero-order chi connectivity index (χ0) is 25.1. The van der Waals surface area contributed by atoms with Gasteiger partial charge in [-0.1, -0.05) is 103 Å². The Bertz CT molecular complexity index is 2130. The molecule has 8 rings (SSSR count). The van der Waals surface area contributed by atoms with Gasteiger partial charge in [0.25, 0.3) is 0 Å². The predicted molar refractivity (Wildman–Crippen MR) is 167 cm³/mol. The van der Waals surface area contributed by atoms with Crippen molar-refractivity contribution < 1.29 is 0 Å². The van der Waals surface area contributed by atoms with Gasteiger partial charge < -0.3 is 4.90 Å². The normalized spacial score (nSPS) is 11.7. The standard InChI is InChI=1S/C36H23NS/c1-2-15-27(16-3-1)37(33-20-10-14-24-11-6-7-17-28(24)33)34-23-32-31-21-25-12-4-5-13-26(25)22-35(31)38-36(32)30-19-9-8-18-29(30)34/h1-23H. The van der Waals surface area contributed by atoms with Gasteiger partial charge in [0.2, 0.25) is 0 Å². The summed E-state index contributed by atoms with van der Waals surface area (Å²) in [5.41, 5.74) is 3.53. The summed E-state index contributed by atoms with van der Waals surface area (Å²) in [5.74, 6) is 0. The summed E-state index contributed by atoms with van der Waals surface area (Å²) in [4.78, 5) is 2.44. The highest BCUT2D eigenvalue weighted by Crippen LogP contribution is 2.47. The van der Waals surface area contributed by atoms with Crippen molar-refractivity contribution in [1.82, 2.24) is 0 Å². The van der Waals surface area contributed by atoms with Crippen LogP contribution in [0.2, 0.25) is 0 Å². The summed E-state index contributed by atoms with van der Waals surface area (Å²) in [5, 5.41) is 10.2. The first-order chi connectivity index (χ1) is 18.8. The molecule has 38 heavy (non-hydrogen) atoms. The summed E-state index contributed by atoms with van der Waals surface area (Å²) in [7, 11) is 0. The molecule has 0 radical (unpaired) electrons. The highest BCUT2D eigenvalue weighted by Gasteiger charge is 2.20. The second-order valence-corrected chi connectivity index (χ2v) is 10.8. The molecule has 0 amide bonds. The molecule has 0 fully saturated rings. The third-order valence-corrected chi connectivity index (χ3v) is 8.79. The Morgan fingerprint density at radius 2 is 1.03 bits per heavy atom. The fraction of sp³-hybridized carbons (Fsp3) is 0. The first-order valence-corrected chi connectivity index (χ1v) is 13.8. The van der Waals surface area contributed by atoms with Crippen molar-refractivity contribution >= 4 is 80.9 Å². The SMILES string of the molecule is c1ccc(N(c2cccc3ccccc23)c2cc3c4cc5ccccc5cc4sc3c3ccccc23)cc1. The van der Waals surface area contributed by atoms with E-state index in [0.29, 0.717) is 0 Å². The second kappa shape index (κ2) is 8.44. The average molecular weight is 502 g/mol. The van der Waals surface area contributed by atoms with E-state index in [2.05, 4.69) is 144 Å². The number of para-hydroxylation sites is 1. The lowest BCUT2D eigenvalue weighted by Crippen LogP contribution is -2.11. The molecule has 7 aromatic carbocycles. The van der Waals surface area contributed by atoms with Crippen molar-refractivity contribution in [2.75, 3.05) is 4.90 Å². The number of fused-ring (bicyclic) bond motifs is 7. The summed E-state index contributed by atoms with van der Waals surface area (Å²) < 4.78 is 2.68. The minimum atomic E-state index is 1.15. The third-order valence-electron chi connectivity index (χ3n) is 7.59. The maximum atomic E-state index is 2.44. The monoisotopic (exact) mass is 501 g/mol. The van der Waals surface area contributed by atoms with E-state index < -0.39 is 0 Å². The summed E-state index contributed by atoms with van der Waals surface area (Å²) in [6.07, 6.45) is 0. The van der Waals surface area contributed by atoms with Crippen LogP contribution in [-0.2, 0) is 0 Å². The fourth-order valence-electron chi connectivity index (χ4n) is 5.84. The van der Waals surface area contributed by atoms with E-state index in [1.807, 2.05) is 11.3 Å². The van der Waals surface area contributed by atoms with E-state index >= 15 is 0 Å². The van der Waals surface area contributed by atoms with E-state index in [1.54, 1.807) is 0 Å². The van der Waals surface area contributed by atoms with Gasteiger partial charge in [0, 0.05) is 42.0 Å². The van der Waals surface area contributed by atoms with Crippen molar-refractivity contribution in [2.45, 2.75) is 0 Å². The number of anilines is 3. The molecule has 0 unspecified atom stereocenters. The van der Waals surface area contributed by atoms with Crippen molar-refractivity contribution in [3.63, 3.8) is 0 Å². The maximum absolute atomic E-state index is 2.44. The molecule has 0 aliphatic carbocycles. The molecule has 0 N–H and O–H groups in total. The molecule has 2 heteroatoms. The molecule has 0 atom stereocenters. The second-order valence-electron chi connectivity index (χ2n) is 9.78. The highest BCUT2D eigenvalue weighted by atomic mass is 32.1. The minimum Gasteiger partial charge on any atom is -0.309 e. The van der Waals surface area contributed by atoms with Crippen LogP contribution in [0.4, 0.5) is 17.1 Å². The van der Waals surface area contributed by atoms with Crippen LogP contribution in [0.5, 0.6) is 0 Å². The van der Waals surface area contributed by atoms with Crippen molar-refractivity contribution in [1.29, 1.82) is 0 Å². The van der Waals surface area contributed by atoms with Gasteiger partial charge in [-0.05, 0) is 52.6 Å². The topological polar surface area (TPSA) is 3.24 Å². The largest absolute Gasteiger partial charge is 0.309 e. The van der Waals surface area contributed by atoms with E-state index in [-0.39, 0.29) is 0 Å². The zero-order valence-electron chi connectivity index (χ0n) is 20.6. The molecule has 0 saturated carbocycles. The maximum Gasteiger partial charge on any atom is 0.0547 e. The Morgan fingerprint density at radius 1 is 0.395 bits per heavy atom. The molecule has 0 saturated heterocycles. The van der Waals surface area contributed by atoms with Gasteiger partial charge in [-0.2, -0.15) is 0 Å². The van der Waals surface area contributed by atoms with E-state index in [1.165, 1.54) is 63.9 Å². The Labute approximate surface area is 224 Å². The summed E-state index contributed by atoms with van der Waals surface area (Å²) >= 11 is 1.90. The molecule has 178 valence electrons. The molecule has 1 heterocycles.